The van der Waals surface area contributed by atoms with Crippen LogP contribution in [0.4, 0.5) is 10.5 Å². The van der Waals surface area contributed by atoms with E-state index in [1.165, 1.54) is 10.4 Å². The van der Waals surface area contributed by atoms with Crippen LogP contribution in [0.15, 0.2) is 60.0 Å². The number of hydrogen-bond donors (Lipinski definition) is 1. The lowest BCUT2D eigenvalue weighted by atomic mass is 9.93. The van der Waals surface area contributed by atoms with Crippen molar-refractivity contribution in [1.29, 1.82) is 0 Å². The number of hydrogen-bond acceptors (Lipinski definition) is 2. The molecule has 132 valence electrons. The van der Waals surface area contributed by atoms with Gasteiger partial charge in [0.2, 0.25) is 0 Å². The first kappa shape index (κ1) is 17.4. The lowest BCUT2D eigenvalue weighted by Crippen LogP contribution is -2.42. The molecule has 1 atom stereocenters. The molecule has 1 aliphatic heterocycles. The third-order valence-corrected chi connectivity index (χ3v) is 6.01. The standard InChI is InChI=1S/C20H16Cl2N2OS/c21-14-3-1-13(2-4-14)19-17-10-12-26-18(17)9-11-24(19)20(25)23-16-7-5-15(22)6-8-16/h1-8,10,12,19H,9,11H2,(H,23,25)/t19-/m1/s1. The zero-order chi connectivity index (χ0) is 18.1. The van der Waals surface area contributed by atoms with Crippen LogP contribution in [0.1, 0.15) is 22.0 Å². The second-order valence-electron chi connectivity index (χ2n) is 6.13. The Morgan fingerprint density at radius 1 is 1.00 bits per heavy atom. The molecule has 3 nitrogen and oxygen atoms in total. The SMILES string of the molecule is O=C(Nc1ccc(Cl)cc1)N1CCc2sccc2[C@H]1c1ccc(Cl)cc1. The molecule has 0 spiro atoms. The zero-order valence-electron chi connectivity index (χ0n) is 13.8. The van der Waals surface area contributed by atoms with Gasteiger partial charge in [-0.1, -0.05) is 35.3 Å². The molecule has 1 N–H and O–H groups in total. The molecule has 2 heterocycles. The van der Waals surface area contributed by atoms with Crippen molar-refractivity contribution in [3.05, 3.63) is 86.0 Å². The van der Waals surface area contributed by atoms with Gasteiger partial charge in [-0.25, -0.2) is 4.79 Å². The number of anilines is 1. The maximum Gasteiger partial charge on any atom is 0.322 e. The first-order valence-corrected chi connectivity index (χ1v) is 9.90. The van der Waals surface area contributed by atoms with E-state index >= 15 is 0 Å². The van der Waals surface area contributed by atoms with Crippen LogP contribution in [0.25, 0.3) is 0 Å². The number of amides is 2. The van der Waals surface area contributed by atoms with Gasteiger partial charge in [0.1, 0.15) is 0 Å². The van der Waals surface area contributed by atoms with E-state index < -0.39 is 0 Å². The molecule has 0 aliphatic carbocycles. The van der Waals surface area contributed by atoms with E-state index in [9.17, 15) is 4.79 Å². The highest BCUT2D eigenvalue weighted by molar-refractivity contribution is 7.10. The van der Waals surface area contributed by atoms with Crippen molar-refractivity contribution in [1.82, 2.24) is 4.90 Å². The summed E-state index contributed by atoms with van der Waals surface area (Å²) in [5.74, 6) is 0. The number of carbonyl (C=O) groups is 1. The minimum atomic E-state index is -0.121. The topological polar surface area (TPSA) is 32.3 Å². The summed E-state index contributed by atoms with van der Waals surface area (Å²) in [6, 6.07) is 16.7. The second-order valence-corrected chi connectivity index (χ2v) is 8.01. The van der Waals surface area contributed by atoms with Gasteiger partial charge in [-0.05, 0) is 65.4 Å². The van der Waals surface area contributed by atoms with Crippen LogP contribution >= 0.6 is 34.5 Å². The van der Waals surface area contributed by atoms with E-state index in [0.29, 0.717) is 16.6 Å². The summed E-state index contributed by atoms with van der Waals surface area (Å²) in [4.78, 5) is 16.2. The lowest BCUT2D eigenvalue weighted by Gasteiger charge is -2.36. The summed E-state index contributed by atoms with van der Waals surface area (Å²) < 4.78 is 0. The van der Waals surface area contributed by atoms with E-state index in [2.05, 4.69) is 16.8 Å². The minimum Gasteiger partial charge on any atom is -0.313 e. The first-order chi connectivity index (χ1) is 12.6. The van der Waals surface area contributed by atoms with Gasteiger partial charge >= 0.3 is 6.03 Å². The summed E-state index contributed by atoms with van der Waals surface area (Å²) in [7, 11) is 0. The molecular weight excluding hydrogens is 387 g/mol. The van der Waals surface area contributed by atoms with Crippen molar-refractivity contribution in [2.75, 3.05) is 11.9 Å². The van der Waals surface area contributed by atoms with Crippen molar-refractivity contribution >= 4 is 46.3 Å². The normalized spacial score (nSPS) is 16.2. The fourth-order valence-electron chi connectivity index (χ4n) is 3.27. The second kappa shape index (κ2) is 7.31. The van der Waals surface area contributed by atoms with Crippen LogP contribution < -0.4 is 5.32 Å². The molecule has 26 heavy (non-hydrogen) atoms. The molecule has 0 fully saturated rings. The maximum absolute atomic E-state index is 13.0. The number of thiophene rings is 1. The highest BCUT2D eigenvalue weighted by Crippen LogP contribution is 2.38. The van der Waals surface area contributed by atoms with Gasteiger partial charge in [-0.2, -0.15) is 0 Å². The van der Waals surface area contributed by atoms with Crippen LogP contribution in [0, 0.1) is 0 Å². The molecule has 0 radical (unpaired) electrons. The highest BCUT2D eigenvalue weighted by atomic mass is 35.5. The number of benzene rings is 2. The van der Waals surface area contributed by atoms with Gasteiger partial charge < -0.3 is 10.2 Å². The van der Waals surface area contributed by atoms with E-state index in [1.807, 2.05) is 29.2 Å². The lowest BCUT2D eigenvalue weighted by molar-refractivity contribution is 0.194. The van der Waals surface area contributed by atoms with E-state index in [4.69, 9.17) is 23.2 Å². The van der Waals surface area contributed by atoms with Crippen molar-refractivity contribution in [3.63, 3.8) is 0 Å². The number of nitrogens with one attached hydrogen (secondary N) is 1. The fraction of sp³-hybridized carbons (Fsp3) is 0.150. The third kappa shape index (κ3) is 3.45. The maximum atomic E-state index is 13.0. The zero-order valence-corrected chi connectivity index (χ0v) is 16.1. The fourth-order valence-corrected chi connectivity index (χ4v) is 4.42. The molecule has 2 aromatic carbocycles. The average Bonchev–Trinajstić information content (AvgIpc) is 3.12. The summed E-state index contributed by atoms with van der Waals surface area (Å²) in [6.45, 7) is 0.667. The Labute approximate surface area is 166 Å². The molecule has 4 rings (SSSR count). The Bertz CT molecular complexity index is 922. The molecule has 0 bridgehead atoms. The molecule has 2 amide bonds. The molecule has 6 heteroatoms. The molecule has 1 aliphatic rings. The van der Waals surface area contributed by atoms with Crippen LogP contribution in [-0.2, 0) is 6.42 Å². The highest BCUT2D eigenvalue weighted by Gasteiger charge is 2.32. The predicted molar refractivity (Wildman–Crippen MR) is 108 cm³/mol. The van der Waals surface area contributed by atoms with E-state index in [-0.39, 0.29) is 12.1 Å². The van der Waals surface area contributed by atoms with Gasteiger partial charge in [0, 0.05) is 27.2 Å². The Morgan fingerprint density at radius 3 is 2.35 bits per heavy atom. The average molecular weight is 403 g/mol. The first-order valence-electron chi connectivity index (χ1n) is 8.27. The van der Waals surface area contributed by atoms with Crippen molar-refractivity contribution in [2.45, 2.75) is 12.5 Å². The number of rotatable bonds is 2. The molecule has 3 aromatic rings. The Kier molecular flexibility index (Phi) is 4.90. The van der Waals surface area contributed by atoms with Gasteiger partial charge in [0.05, 0.1) is 6.04 Å². The van der Waals surface area contributed by atoms with Crippen molar-refractivity contribution in [3.8, 4) is 0 Å². The molecule has 1 aromatic heterocycles. The van der Waals surface area contributed by atoms with Crippen LogP contribution in [0.2, 0.25) is 10.0 Å². The van der Waals surface area contributed by atoms with Crippen molar-refractivity contribution in [2.24, 2.45) is 0 Å². The van der Waals surface area contributed by atoms with Gasteiger partial charge in [0.15, 0.2) is 0 Å². The van der Waals surface area contributed by atoms with Gasteiger partial charge in [-0.15, -0.1) is 11.3 Å². The van der Waals surface area contributed by atoms with E-state index in [0.717, 1.165) is 17.7 Å². The summed E-state index contributed by atoms with van der Waals surface area (Å²) in [6.07, 6.45) is 0.866. The van der Waals surface area contributed by atoms with E-state index in [1.54, 1.807) is 35.6 Å². The predicted octanol–water partition coefficient (Wildman–Crippen LogP) is 6.23. The number of fused-ring (bicyclic) bond motifs is 1. The van der Waals surface area contributed by atoms with Crippen molar-refractivity contribution < 1.29 is 4.79 Å². The smallest absolute Gasteiger partial charge is 0.313 e. The summed E-state index contributed by atoms with van der Waals surface area (Å²) in [5.41, 5.74) is 2.97. The van der Waals surface area contributed by atoms with Gasteiger partial charge in [0.25, 0.3) is 0 Å². The third-order valence-electron chi connectivity index (χ3n) is 4.51. The number of carbonyl (C=O) groups excluding carboxylic acids is 1. The number of urea groups is 1. The molecule has 0 saturated heterocycles. The molecular formula is C20H16Cl2N2OS. The Morgan fingerprint density at radius 2 is 1.65 bits per heavy atom. The molecule has 0 saturated carbocycles. The van der Waals surface area contributed by atoms with Crippen LogP contribution in [0.5, 0.6) is 0 Å². The minimum absolute atomic E-state index is 0.116. The Hall–Kier alpha value is -2.01. The monoisotopic (exact) mass is 402 g/mol. The van der Waals surface area contributed by atoms with Gasteiger partial charge in [-0.3, -0.25) is 0 Å². The van der Waals surface area contributed by atoms with Crippen LogP contribution in [0.3, 0.4) is 0 Å². The largest absolute Gasteiger partial charge is 0.322 e. The number of nitrogens with zero attached hydrogens (tertiary/aromatic N) is 1. The molecule has 0 unspecified atom stereocenters. The number of halogens is 2. The summed E-state index contributed by atoms with van der Waals surface area (Å²) in [5, 5.41) is 6.40. The summed E-state index contributed by atoms with van der Waals surface area (Å²) >= 11 is 13.7. The quantitative estimate of drug-likeness (QED) is 0.540. The van der Waals surface area contributed by atoms with Crippen LogP contribution in [-0.4, -0.2) is 17.5 Å². The Balaban J connectivity index is 1.66.